The Labute approximate surface area is 141 Å². The molecule has 8 heteroatoms. The van der Waals surface area contributed by atoms with Crippen molar-refractivity contribution >= 4 is 15.5 Å². The third-order valence-corrected chi connectivity index (χ3v) is 5.87. The molecule has 0 N–H and O–H groups in total. The van der Waals surface area contributed by atoms with E-state index in [0.717, 1.165) is 25.1 Å². The Balaban J connectivity index is 2.27. The summed E-state index contributed by atoms with van der Waals surface area (Å²) >= 11 is 0. The van der Waals surface area contributed by atoms with Crippen LogP contribution >= 0.6 is 0 Å². The summed E-state index contributed by atoms with van der Waals surface area (Å²) in [5.74, 6) is 0. The molecule has 1 aromatic carbocycles. The normalized spacial score (nSPS) is 23.5. The number of halogens is 3. The van der Waals surface area contributed by atoms with Gasteiger partial charge in [0.2, 0.25) is 0 Å². The van der Waals surface area contributed by atoms with Crippen LogP contribution in [0.15, 0.2) is 29.2 Å². The molecule has 0 aliphatic carbocycles. The molecule has 1 aromatic rings. The van der Waals surface area contributed by atoms with Crippen LogP contribution in [0.2, 0.25) is 0 Å². The molecule has 0 radical (unpaired) electrons. The summed E-state index contributed by atoms with van der Waals surface area (Å²) in [5, 5.41) is 0. The second-order valence-corrected chi connectivity index (χ2v) is 8.23. The smallest absolute Gasteiger partial charge is 0.368 e. The first kappa shape index (κ1) is 19.1. The predicted octanol–water partition coefficient (Wildman–Crippen LogP) is 3.29. The molecule has 0 bridgehead atoms. The van der Waals surface area contributed by atoms with Crippen molar-refractivity contribution in [3.63, 3.8) is 0 Å². The molecule has 2 rings (SSSR count). The maximum absolute atomic E-state index is 12.7. The molecular weight excluding hydrogens is 341 g/mol. The minimum atomic E-state index is -5.32. The van der Waals surface area contributed by atoms with E-state index in [1.807, 2.05) is 4.90 Å². The molecule has 1 aliphatic heterocycles. The highest BCUT2D eigenvalue weighted by molar-refractivity contribution is 7.92. The quantitative estimate of drug-likeness (QED) is 0.822. The maximum Gasteiger partial charge on any atom is 0.501 e. The van der Waals surface area contributed by atoms with Gasteiger partial charge in [0, 0.05) is 30.9 Å². The first-order valence-corrected chi connectivity index (χ1v) is 9.48. The van der Waals surface area contributed by atoms with Crippen molar-refractivity contribution in [2.24, 2.45) is 0 Å². The molecule has 0 spiro atoms. The number of hydrogen-bond donors (Lipinski definition) is 0. The average Bonchev–Trinajstić information content (AvgIpc) is 2.49. The van der Waals surface area contributed by atoms with Gasteiger partial charge in [0.05, 0.1) is 4.90 Å². The Hall–Kier alpha value is -1.28. The number of nitrogens with zero attached hydrogens (tertiary/aromatic N) is 2. The molecule has 2 atom stereocenters. The van der Waals surface area contributed by atoms with Crippen LogP contribution in [0, 0.1) is 0 Å². The summed E-state index contributed by atoms with van der Waals surface area (Å²) in [5.41, 5.74) is -4.78. The molecule has 1 heterocycles. The van der Waals surface area contributed by atoms with Crippen LogP contribution in [-0.2, 0) is 9.84 Å². The molecule has 4 nitrogen and oxygen atoms in total. The van der Waals surface area contributed by atoms with E-state index < -0.39 is 20.2 Å². The van der Waals surface area contributed by atoms with Crippen LogP contribution < -0.4 is 4.90 Å². The number of anilines is 1. The lowest BCUT2D eigenvalue weighted by Crippen LogP contribution is -2.56. The SMILES string of the molecule is CCCN1[C@H](C)CN(c2cccc(S(=O)(=O)C(F)(F)F)c2)C[C@@H]1C. The molecular formula is C16H23F3N2O2S. The van der Waals surface area contributed by atoms with Crippen LogP contribution in [0.4, 0.5) is 18.9 Å². The van der Waals surface area contributed by atoms with Gasteiger partial charge < -0.3 is 4.90 Å². The largest absolute Gasteiger partial charge is 0.501 e. The summed E-state index contributed by atoms with van der Waals surface area (Å²) in [6, 6.07) is 5.63. The monoisotopic (exact) mass is 364 g/mol. The second-order valence-electron chi connectivity index (χ2n) is 6.29. The van der Waals surface area contributed by atoms with Gasteiger partial charge in [-0.1, -0.05) is 13.0 Å². The second kappa shape index (κ2) is 6.92. The zero-order valence-electron chi connectivity index (χ0n) is 14.0. The van der Waals surface area contributed by atoms with Crippen LogP contribution in [0.5, 0.6) is 0 Å². The van der Waals surface area contributed by atoms with Gasteiger partial charge in [0.1, 0.15) is 0 Å². The van der Waals surface area contributed by atoms with Gasteiger partial charge in [-0.15, -0.1) is 0 Å². The molecule has 1 fully saturated rings. The molecule has 1 aliphatic rings. The van der Waals surface area contributed by atoms with Crippen molar-refractivity contribution in [3.8, 4) is 0 Å². The van der Waals surface area contributed by atoms with Crippen LogP contribution in [0.3, 0.4) is 0 Å². The number of alkyl halides is 3. The number of hydrogen-bond acceptors (Lipinski definition) is 4. The number of sulfone groups is 1. The number of rotatable bonds is 4. The van der Waals surface area contributed by atoms with Crippen molar-refractivity contribution < 1.29 is 21.6 Å². The van der Waals surface area contributed by atoms with E-state index in [9.17, 15) is 21.6 Å². The lowest BCUT2D eigenvalue weighted by Gasteiger charge is -2.45. The zero-order valence-corrected chi connectivity index (χ0v) is 14.9. The highest BCUT2D eigenvalue weighted by atomic mass is 32.2. The van der Waals surface area contributed by atoms with Gasteiger partial charge in [0.25, 0.3) is 9.84 Å². The van der Waals surface area contributed by atoms with Crippen molar-refractivity contribution in [1.29, 1.82) is 0 Å². The van der Waals surface area contributed by atoms with E-state index in [0.29, 0.717) is 18.8 Å². The van der Waals surface area contributed by atoms with Crippen LogP contribution in [-0.4, -0.2) is 50.5 Å². The Morgan fingerprint density at radius 3 is 2.25 bits per heavy atom. The van der Waals surface area contributed by atoms with Gasteiger partial charge in [0.15, 0.2) is 0 Å². The topological polar surface area (TPSA) is 40.6 Å². The van der Waals surface area contributed by atoms with Gasteiger partial charge >= 0.3 is 5.51 Å². The molecule has 0 aromatic heterocycles. The van der Waals surface area contributed by atoms with Crippen molar-refractivity contribution in [3.05, 3.63) is 24.3 Å². The van der Waals surface area contributed by atoms with Crippen molar-refractivity contribution in [2.45, 2.75) is 49.7 Å². The van der Waals surface area contributed by atoms with Crippen molar-refractivity contribution in [1.82, 2.24) is 4.90 Å². The zero-order chi connectivity index (χ0) is 18.1. The molecule has 0 unspecified atom stereocenters. The molecule has 136 valence electrons. The number of benzene rings is 1. The Morgan fingerprint density at radius 1 is 1.17 bits per heavy atom. The molecule has 0 amide bonds. The molecule has 0 saturated carbocycles. The number of piperazine rings is 1. The molecule has 1 saturated heterocycles. The van der Waals surface area contributed by atoms with Crippen LogP contribution in [0.25, 0.3) is 0 Å². The minimum Gasteiger partial charge on any atom is -0.368 e. The summed E-state index contributed by atoms with van der Waals surface area (Å²) in [6.45, 7) is 8.54. The molecule has 24 heavy (non-hydrogen) atoms. The van der Waals surface area contributed by atoms with Crippen LogP contribution in [0.1, 0.15) is 27.2 Å². The van der Waals surface area contributed by atoms with Gasteiger partial charge in [-0.3, -0.25) is 4.90 Å². The van der Waals surface area contributed by atoms with E-state index >= 15 is 0 Å². The lowest BCUT2D eigenvalue weighted by atomic mass is 10.1. The van der Waals surface area contributed by atoms with E-state index in [1.54, 1.807) is 6.07 Å². The van der Waals surface area contributed by atoms with Gasteiger partial charge in [-0.05, 0) is 45.0 Å². The summed E-state index contributed by atoms with van der Waals surface area (Å²) in [7, 11) is -5.32. The fourth-order valence-electron chi connectivity index (χ4n) is 3.25. The Bertz CT molecular complexity index is 664. The van der Waals surface area contributed by atoms with E-state index in [1.165, 1.54) is 6.07 Å². The van der Waals surface area contributed by atoms with Crippen molar-refractivity contribution in [2.75, 3.05) is 24.5 Å². The summed E-state index contributed by atoms with van der Waals surface area (Å²) in [4.78, 5) is 3.62. The third-order valence-electron chi connectivity index (χ3n) is 4.38. The minimum absolute atomic E-state index is 0.247. The lowest BCUT2D eigenvalue weighted by molar-refractivity contribution is -0.0436. The Kier molecular flexibility index (Phi) is 5.49. The fourth-order valence-corrected chi connectivity index (χ4v) is 4.05. The van der Waals surface area contributed by atoms with E-state index in [4.69, 9.17) is 0 Å². The summed E-state index contributed by atoms with van der Waals surface area (Å²) < 4.78 is 61.4. The predicted molar refractivity (Wildman–Crippen MR) is 87.8 cm³/mol. The van der Waals surface area contributed by atoms with Gasteiger partial charge in [-0.2, -0.15) is 13.2 Å². The van der Waals surface area contributed by atoms with E-state index in [-0.39, 0.29) is 12.1 Å². The average molecular weight is 364 g/mol. The first-order valence-electron chi connectivity index (χ1n) is 8.00. The van der Waals surface area contributed by atoms with Gasteiger partial charge in [-0.25, -0.2) is 8.42 Å². The maximum atomic E-state index is 12.7. The summed E-state index contributed by atoms with van der Waals surface area (Å²) in [6.07, 6.45) is 1.04. The standard InChI is InChI=1S/C16H23F3N2O2S/c1-4-8-21-12(2)10-20(11-13(21)3)14-6-5-7-15(9-14)24(22,23)16(17,18)19/h5-7,9,12-13H,4,8,10-11H2,1-3H3/t12-,13+. The first-order chi connectivity index (χ1) is 11.1. The highest BCUT2D eigenvalue weighted by Gasteiger charge is 2.47. The fraction of sp³-hybridized carbons (Fsp3) is 0.625. The highest BCUT2D eigenvalue weighted by Crippen LogP contribution is 2.32. The van der Waals surface area contributed by atoms with E-state index in [2.05, 4.69) is 25.7 Å². The third kappa shape index (κ3) is 3.69. The Morgan fingerprint density at radius 2 is 1.75 bits per heavy atom.